The van der Waals surface area contributed by atoms with Crippen molar-refractivity contribution in [2.45, 2.75) is 6.42 Å². The van der Waals surface area contributed by atoms with Crippen molar-refractivity contribution < 1.29 is 28.9 Å². The molecule has 1 aliphatic heterocycles. The molecule has 2 N–H and O–H groups in total. The molecule has 3 aromatic rings. The van der Waals surface area contributed by atoms with Crippen LogP contribution >= 0.6 is 0 Å². The van der Waals surface area contributed by atoms with Crippen molar-refractivity contribution in [3.8, 4) is 5.75 Å². The van der Waals surface area contributed by atoms with Crippen LogP contribution in [-0.4, -0.2) is 58.3 Å². The number of amides is 1. The molecule has 8 heteroatoms. The molecule has 4 rings (SSSR count). The minimum absolute atomic E-state index is 0.0473. The second-order valence-electron chi connectivity index (χ2n) is 7.03. The third kappa shape index (κ3) is 3.81. The van der Waals surface area contributed by atoms with E-state index in [9.17, 15) is 24.2 Å². The molecule has 2 aromatic carbocycles. The molecule has 1 saturated heterocycles. The number of aromatic carboxylic acids is 1. The highest BCUT2D eigenvalue weighted by Gasteiger charge is 2.25. The highest BCUT2D eigenvalue weighted by Crippen LogP contribution is 2.32. The Morgan fingerprint density at radius 2 is 1.77 bits per heavy atom. The van der Waals surface area contributed by atoms with Crippen molar-refractivity contribution in [3.05, 3.63) is 70.7 Å². The Kier molecular flexibility index (Phi) is 5.33. The maximum Gasteiger partial charge on any atom is 0.339 e. The van der Waals surface area contributed by atoms with Crippen molar-refractivity contribution >= 4 is 22.8 Å². The van der Waals surface area contributed by atoms with Gasteiger partial charge >= 0.3 is 5.97 Å². The molecule has 7 nitrogen and oxygen atoms in total. The first-order valence-corrected chi connectivity index (χ1v) is 9.44. The Morgan fingerprint density at radius 3 is 2.43 bits per heavy atom. The number of hydrogen-bond acceptors (Lipinski definition) is 5. The highest BCUT2D eigenvalue weighted by atomic mass is 19.1. The fourth-order valence-electron chi connectivity index (χ4n) is 3.50. The zero-order valence-electron chi connectivity index (χ0n) is 16.0. The van der Waals surface area contributed by atoms with E-state index in [1.54, 1.807) is 29.2 Å². The number of ether oxygens (including phenoxy) is 1. The first-order chi connectivity index (χ1) is 14.4. The average Bonchev–Trinajstić information content (AvgIpc) is 2.76. The number of aromatic hydroxyl groups is 1. The average molecular weight is 410 g/mol. The van der Waals surface area contributed by atoms with E-state index >= 15 is 0 Å². The predicted octanol–water partition coefficient (Wildman–Crippen LogP) is 2.84. The molecule has 0 bridgehead atoms. The summed E-state index contributed by atoms with van der Waals surface area (Å²) >= 11 is 0. The summed E-state index contributed by atoms with van der Waals surface area (Å²) in [6.07, 6.45) is 0.361. The molecule has 0 atom stereocenters. The summed E-state index contributed by atoms with van der Waals surface area (Å²) in [4.78, 5) is 30.7. The van der Waals surface area contributed by atoms with E-state index in [0.29, 0.717) is 43.8 Å². The van der Waals surface area contributed by atoms with E-state index in [0.717, 1.165) is 5.56 Å². The zero-order chi connectivity index (χ0) is 21.3. The van der Waals surface area contributed by atoms with Crippen LogP contribution in [0.15, 0.2) is 42.5 Å². The Bertz CT molecular complexity index is 1120. The monoisotopic (exact) mass is 410 g/mol. The molecular formula is C22H19FN2O5. The fourth-order valence-corrected chi connectivity index (χ4v) is 3.50. The van der Waals surface area contributed by atoms with Crippen LogP contribution in [0.4, 0.5) is 4.39 Å². The third-order valence-corrected chi connectivity index (χ3v) is 5.07. The van der Waals surface area contributed by atoms with Gasteiger partial charge in [0.05, 0.1) is 18.8 Å². The van der Waals surface area contributed by atoms with Gasteiger partial charge in [-0.3, -0.25) is 4.79 Å². The van der Waals surface area contributed by atoms with Crippen LogP contribution < -0.4 is 0 Å². The first-order valence-electron chi connectivity index (χ1n) is 9.44. The number of halogens is 1. The van der Waals surface area contributed by atoms with Crippen LogP contribution in [0.3, 0.4) is 0 Å². The number of aromatic nitrogens is 1. The summed E-state index contributed by atoms with van der Waals surface area (Å²) in [5.74, 6) is -2.52. The number of carbonyl (C=O) groups is 2. The topological polar surface area (TPSA) is 100.0 Å². The van der Waals surface area contributed by atoms with Crippen LogP contribution in [0.2, 0.25) is 0 Å². The van der Waals surface area contributed by atoms with E-state index in [-0.39, 0.29) is 28.4 Å². The normalized spacial score (nSPS) is 14.1. The highest BCUT2D eigenvalue weighted by molar-refractivity contribution is 6.11. The van der Waals surface area contributed by atoms with E-state index in [4.69, 9.17) is 4.74 Å². The molecule has 30 heavy (non-hydrogen) atoms. The Labute approximate surface area is 171 Å². The molecule has 0 aliphatic carbocycles. The number of fused-ring (bicyclic) bond motifs is 1. The van der Waals surface area contributed by atoms with Gasteiger partial charge in [0.15, 0.2) is 5.75 Å². The number of rotatable bonds is 4. The van der Waals surface area contributed by atoms with Crippen molar-refractivity contribution in [3.63, 3.8) is 0 Å². The lowest BCUT2D eigenvalue weighted by Gasteiger charge is -2.27. The molecule has 0 unspecified atom stereocenters. The van der Waals surface area contributed by atoms with E-state index in [2.05, 4.69) is 4.98 Å². The van der Waals surface area contributed by atoms with Crippen LogP contribution in [0.25, 0.3) is 10.9 Å². The van der Waals surface area contributed by atoms with Gasteiger partial charge in [-0.15, -0.1) is 0 Å². The van der Waals surface area contributed by atoms with E-state index < -0.39 is 11.7 Å². The fraction of sp³-hybridized carbons (Fsp3) is 0.227. The number of nitrogens with zero attached hydrogens (tertiary/aromatic N) is 2. The molecule has 0 saturated carbocycles. The molecule has 154 valence electrons. The van der Waals surface area contributed by atoms with Gasteiger partial charge in [0.2, 0.25) is 0 Å². The minimum Gasteiger partial charge on any atom is -0.505 e. The number of morpholine rings is 1. The van der Waals surface area contributed by atoms with Crippen LogP contribution in [0.1, 0.15) is 32.0 Å². The lowest BCUT2D eigenvalue weighted by molar-refractivity contribution is 0.0304. The second kappa shape index (κ2) is 8.08. The molecule has 1 fully saturated rings. The summed E-state index contributed by atoms with van der Waals surface area (Å²) in [5, 5.41) is 20.4. The quantitative estimate of drug-likeness (QED) is 0.686. The standard InChI is InChI=1S/C22H19FN2O5/c23-14-3-1-13(2-4-14)11-15-5-6-16-17(21(27)25-7-9-30-10-8-25)12-18(22(28)29)20(26)19(16)24-15/h1-6,12,26H,7-11H2,(H,28,29). The van der Waals surface area contributed by atoms with Crippen molar-refractivity contribution in [2.75, 3.05) is 26.3 Å². The summed E-state index contributed by atoms with van der Waals surface area (Å²) in [7, 11) is 0. The zero-order valence-corrected chi connectivity index (χ0v) is 16.0. The number of hydrogen-bond donors (Lipinski definition) is 2. The maximum absolute atomic E-state index is 13.1. The van der Waals surface area contributed by atoms with Crippen molar-refractivity contribution in [1.29, 1.82) is 0 Å². The van der Waals surface area contributed by atoms with Gasteiger partial charge in [-0.25, -0.2) is 14.2 Å². The second-order valence-corrected chi connectivity index (χ2v) is 7.03. The predicted molar refractivity (Wildman–Crippen MR) is 106 cm³/mol. The van der Waals surface area contributed by atoms with Gasteiger partial charge in [0.25, 0.3) is 5.91 Å². The Balaban J connectivity index is 1.79. The van der Waals surface area contributed by atoms with Gasteiger partial charge in [-0.2, -0.15) is 0 Å². The maximum atomic E-state index is 13.1. The number of pyridine rings is 1. The van der Waals surface area contributed by atoms with E-state index in [1.165, 1.54) is 18.2 Å². The number of carboxylic acids is 1. The SMILES string of the molecule is O=C(O)c1cc(C(=O)N2CCOCC2)c2ccc(Cc3ccc(F)cc3)nc2c1O. The first kappa shape index (κ1) is 19.8. The van der Waals surface area contributed by atoms with Crippen LogP contribution in [-0.2, 0) is 11.2 Å². The molecular weight excluding hydrogens is 391 g/mol. The number of carbonyl (C=O) groups excluding carboxylic acids is 1. The van der Waals surface area contributed by atoms with Crippen LogP contribution in [0, 0.1) is 5.82 Å². The molecule has 0 radical (unpaired) electrons. The lowest BCUT2D eigenvalue weighted by atomic mass is 10.00. The van der Waals surface area contributed by atoms with Gasteiger partial charge in [0.1, 0.15) is 16.9 Å². The molecule has 1 aliphatic rings. The molecule has 2 heterocycles. The number of carboxylic acid groups (broad SMARTS) is 1. The van der Waals surface area contributed by atoms with Crippen molar-refractivity contribution in [2.24, 2.45) is 0 Å². The minimum atomic E-state index is -1.35. The molecule has 1 aromatic heterocycles. The largest absolute Gasteiger partial charge is 0.505 e. The summed E-state index contributed by atoms with van der Waals surface area (Å²) in [6.45, 7) is 1.63. The van der Waals surface area contributed by atoms with Gasteiger partial charge < -0.3 is 19.8 Å². The van der Waals surface area contributed by atoms with Gasteiger partial charge in [-0.1, -0.05) is 18.2 Å². The third-order valence-electron chi connectivity index (χ3n) is 5.07. The molecule has 0 spiro atoms. The van der Waals surface area contributed by atoms with Gasteiger partial charge in [-0.05, 0) is 29.8 Å². The summed E-state index contributed by atoms with van der Waals surface area (Å²) < 4.78 is 18.4. The summed E-state index contributed by atoms with van der Waals surface area (Å²) in [5.41, 5.74) is 1.19. The smallest absolute Gasteiger partial charge is 0.339 e. The van der Waals surface area contributed by atoms with Crippen LogP contribution in [0.5, 0.6) is 5.75 Å². The van der Waals surface area contributed by atoms with E-state index in [1.807, 2.05) is 0 Å². The molecule has 1 amide bonds. The number of benzene rings is 2. The number of phenols is 1. The Hall–Kier alpha value is -3.52. The van der Waals surface area contributed by atoms with Crippen molar-refractivity contribution in [1.82, 2.24) is 9.88 Å². The summed E-state index contributed by atoms with van der Waals surface area (Å²) in [6, 6.07) is 10.5. The lowest BCUT2D eigenvalue weighted by Crippen LogP contribution is -2.40. The van der Waals surface area contributed by atoms with Gasteiger partial charge in [0, 0.05) is 30.6 Å². The Morgan fingerprint density at radius 1 is 1.07 bits per heavy atom.